The second-order valence-corrected chi connectivity index (χ2v) is 5.47. The van der Waals surface area contributed by atoms with Crippen LogP contribution < -0.4 is 9.47 Å². The molecule has 0 unspecified atom stereocenters. The molecule has 4 heteroatoms. The molecule has 0 aliphatic heterocycles. The highest BCUT2D eigenvalue weighted by Crippen LogP contribution is 2.20. The second kappa shape index (κ2) is 7.68. The van der Waals surface area contributed by atoms with Crippen molar-refractivity contribution in [2.24, 2.45) is 0 Å². The summed E-state index contributed by atoms with van der Waals surface area (Å²) in [4.78, 5) is 4.32. The van der Waals surface area contributed by atoms with E-state index in [4.69, 9.17) is 9.47 Å². The highest BCUT2D eigenvalue weighted by molar-refractivity contribution is 5.39. The molecule has 0 radical (unpaired) electrons. The molecular formula is C20H22N2O2. The molecule has 3 rings (SSSR count). The monoisotopic (exact) mass is 322 g/mol. The summed E-state index contributed by atoms with van der Waals surface area (Å²) >= 11 is 0. The van der Waals surface area contributed by atoms with Gasteiger partial charge in [-0.1, -0.05) is 31.2 Å². The van der Waals surface area contributed by atoms with Crippen LogP contribution in [-0.2, 0) is 13.0 Å². The Hall–Kier alpha value is -2.75. The van der Waals surface area contributed by atoms with Gasteiger partial charge in [-0.2, -0.15) is 0 Å². The first-order valence-electron chi connectivity index (χ1n) is 8.27. The van der Waals surface area contributed by atoms with Crippen LogP contribution >= 0.6 is 0 Å². The van der Waals surface area contributed by atoms with Crippen LogP contribution in [0.15, 0.2) is 60.9 Å². The van der Waals surface area contributed by atoms with Crippen LogP contribution in [0.5, 0.6) is 11.8 Å². The average molecular weight is 322 g/mol. The van der Waals surface area contributed by atoms with Gasteiger partial charge in [0, 0.05) is 12.4 Å². The molecule has 0 N–H and O–H groups in total. The van der Waals surface area contributed by atoms with Gasteiger partial charge in [0.25, 0.3) is 0 Å². The fraction of sp³-hybridized carbons (Fsp3) is 0.250. The number of nitrogens with zero attached hydrogens (tertiary/aromatic N) is 2. The summed E-state index contributed by atoms with van der Waals surface area (Å²) in [5, 5.41) is 0. The Morgan fingerprint density at radius 2 is 1.75 bits per heavy atom. The first-order chi connectivity index (χ1) is 11.8. The van der Waals surface area contributed by atoms with E-state index in [0.29, 0.717) is 19.2 Å². The second-order valence-electron chi connectivity index (χ2n) is 5.47. The fourth-order valence-corrected chi connectivity index (χ4v) is 2.55. The molecule has 0 bridgehead atoms. The van der Waals surface area contributed by atoms with E-state index < -0.39 is 0 Å². The van der Waals surface area contributed by atoms with Crippen LogP contribution in [0, 0.1) is 0 Å². The SMILES string of the molecule is CCOc1ccc(-n2ccnc2OCc2cccc(CC)c2)cc1. The van der Waals surface area contributed by atoms with Crippen molar-refractivity contribution in [1.29, 1.82) is 0 Å². The minimum atomic E-state index is 0.502. The first kappa shape index (κ1) is 16.1. The van der Waals surface area contributed by atoms with Crippen molar-refractivity contribution in [3.63, 3.8) is 0 Å². The van der Waals surface area contributed by atoms with Crippen LogP contribution in [0.1, 0.15) is 25.0 Å². The Kier molecular flexibility index (Phi) is 5.16. The van der Waals surface area contributed by atoms with E-state index in [1.54, 1.807) is 6.20 Å². The molecule has 0 aliphatic carbocycles. The lowest BCUT2D eigenvalue weighted by atomic mass is 10.1. The number of rotatable bonds is 7. The van der Waals surface area contributed by atoms with Crippen LogP contribution in [0.2, 0.25) is 0 Å². The molecule has 0 aliphatic rings. The molecule has 24 heavy (non-hydrogen) atoms. The van der Waals surface area contributed by atoms with Crippen LogP contribution in [0.25, 0.3) is 5.69 Å². The average Bonchev–Trinajstić information content (AvgIpc) is 3.10. The normalized spacial score (nSPS) is 10.6. The van der Waals surface area contributed by atoms with Crippen molar-refractivity contribution in [3.05, 3.63) is 72.1 Å². The topological polar surface area (TPSA) is 36.3 Å². The van der Waals surface area contributed by atoms with Crippen molar-refractivity contribution in [2.75, 3.05) is 6.61 Å². The van der Waals surface area contributed by atoms with Crippen molar-refractivity contribution in [2.45, 2.75) is 26.9 Å². The van der Waals surface area contributed by atoms with Gasteiger partial charge in [-0.25, -0.2) is 4.98 Å². The highest BCUT2D eigenvalue weighted by atomic mass is 16.5. The largest absolute Gasteiger partial charge is 0.494 e. The Morgan fingerprint density at radius 3 is 2.50 bits per heavy atom. The van der Waals surface area contributed by atoms with E-state index in [9.17, 15) is 0 Å². The van der Waals surface area contributed by atoms with Gasteiger partial charge in [0.05, 0.1) is 12.3 Å². The van der Waals surface area contributed by atoms with E-state index in [1.165, 1.54) is 5.56 Å². The summed E-state index contributed by atoms with van der Waals surface area (Å²) in [6, 6.07) is 16.9. The zero-order valence-corrected chi connectivity index (χ0v) is 14.1. The first-order valence-corrected chi connectivity index (χ1v) is 8.27. The van der Waals surface area contributed by atoms with E-state index in [0.717, 1.165) is 23.4 Å². The third kappa shape index (κ3) is 3.77. The number of imidazole rings is 1. The Balaban J connectivity index is 1.72. The quantitative estimate of drug-likeness (QED) is 0.646. The Labute approximate surface area is 142 Å². The molecular weight excluding hydrogens is 300 g/mol. The van der Waals surface area contributed by atoms with Gasteiger partial charge in [-0.15, -0.1) is 0 Å². The fourth-order valence-electron chi connectivity index (χ4n) is 2.55. The summed E-state index contributed by atoms with van der Waals surface area (Å²) in [5.74, 6) is 0.861. The van der Waals surface area contributed by atoms with Crippen molar-refractivity contribution >= 4 is 0 Å². The predicted octanol–water partition coefficient (Wildman–Crippen LogP) is 4.41. The lowest BCUT2D eigenvalue weighted by molar-refractivity contribution is 0.276. The smallest absolute Gasteiger partial charge is 0.301 e. The maximum absolute atomic E-state index is 5.92. The zero-order chi connectivity index (χ0) is 16.8. The molecule has 0 saturated heterocycles. The molecule has 2 aromatic carbocycles. The van der Waals surface area contributed by atoms with E-state index in [1.807, 2.05) is 42.0 Å². The lowest BCUT2D eigenvalue weighted by Crippen LogP contribution is -2.03. The van der Waals surface area contributed by atoms with Crippen molar-refractivity contribution < 1.29 is 9.47 Å². The van der Waals surface area contributed by atoms with Crippen LogP contribution in [-0.4, -0.2) is 16.2 Å². The molecule has 124 valence electrons. The van der Waals surface area contributed by atoms with E-state index in [2.05, 4.69) is 36.2 Å². The third-order valence-electron chi connectivity index (χ3n) is 3.80. The molecule has 1 heterocycles. The van der Waals surface area contributed by atoms with Crippen LogP contribution in [0.3, 0.4) is 0 Å². The van der Waals surface area contributed by atoms with Gasteiger partial charge in [0.2, 0.25) is 0 Å². The zero-order valence-electron chi connectivity index (χ0n) is 14.1. The Morgan fingerprint density at radius 1 is 0.958 bits per heavy atom. The summed E-state index contributed by atoms with van der Waals surface area (Å²) < 4.78 is 13.3. The molecule has 0 saturated carbocycles. The number of hydrogen-bond acceptors (Lipinski definition) is 3. The molecule has 3 aromatic rings. The number of ether oxygens (including phenoxy) is 2. The van der Waals surface area contributed by atoms with Gasteiger partial charge in [-0.05, 0) is 48.7 Å². The van der Waals surface area contributed by atoms with Crippen molar-refractivity contribution in [3.8, 4) is 17.4 Å². The molecule has 0 atom stereocenters. The molecule has 0 amide bonds. The minimum Gasteiger partial charge on any atom is -0.494 e. The maximum atomic E-state index is 5.92. The minimum absolute atomic E-state index is 0.502. The van der Waals surface area contributed by atoms with Crippen LogP contribution in [0.4, 0.5) is 0 Å². The third-order valence-corrected chi connectivity index (χ3v) is 3.80. The summed E-state index contributed by atoms with van der Waals surface area (Å²) in [6.45, 7) is 5.29. The Bertz CT molecular complexity index is 778. The van der Waals surface area contributed by atoms with E-state index >= 15 is 0 Å². The standard InChI is InChI=1S/C20H22N2O2/c1-3-16-6-5-7-17(14-16)15-24-20-21-12-13-22(20)18-8-10-19(11-9-18)23-4-2/h5-14H,3-4,15H2,1-2H3. The van der Waals surface area contributed by atoms with Gasteiger partial charge in [0.1, 0.15) is 12.4 Å². The van der Waals surface area contributed by atoms with Gasteiger partial charge < -0.3 is 9.47 Å². The summed E-state index contributed by atoms with van der Waals surface area (Å²) in [7, 11) is 0. The number of aryl methyl sites for hydroxylation is 1. The molecule has 0 fully saturated rings. The summed E-state index contributed by atoms with van der Waals surface area (Å²) in [5.41, 5.74) is 3.45. The number of benzene rings is 2. The molecule has 4 nitrogen and oxygen atoms in total. The summed E-state index contributed by atoms with van der Waals surface area (Å²) in [6.07, 6.45) is 4.66. The number of aromatic nitrogens is 2. The molecule has 1 aromatic heterocycles. The van der Waals surface area contributed by atoms with Crippen molar-refractivity contribution in [1.82, 2.24) is 9.55 Å². The van der Waals surface area contributed by atoms with Gasteiger partial charge in [-0.3, -0.25) is 4.57 Å². The lowest BCUT2D eigenvalue weighted by Gasteiger charge is -2.10. The number of hydrogen-bond donors (Lipinski definition) is 0. The maximum Gasteiger partial charge on any atom is 0.301 e. The molecule has 0 spiro atoms. The van der Waals surface area contributed by atoms with Gasteiger partial charge >= 0.3 is 6.01 Å². The highest BCUT2D eigenvalue weighted by Gasteiger charge is 2.07. The van der Waals surface area contributed by atoms with Gasteiger partial charge in [0.15, 0.2) is 0 Å². The predicted molar refractivity (Wildman–Crippen MR) is 94.9 cm³/mol. The van der Waals surface area contributed by atoms with E-state index in [-0.39, 0.29) is 0 Å².